The van der Waals surface area contributed by atoms with Gasteiger partial charge in [-0.1, -0.05) is 0 Å². The lowest BCUT2D eigenvalue weighted by atomic mass is 10.5. The van der Waals surface area contributed by atoms with Gasteiger partial charge in [0.15, 0.2) is 5.03 Å². The molecule has 0 aromatic carbocycles. The van der Waals surface area contributed by atoms with Crippen LogP contribution in [0.5, 0.6) is 0 Å². The Morgan fingerprint density at radius 1 is 1.58 bits per heavy atom. The summed E-state index contributed by atoms with van der Waals surface area (Å²) in [6.45, 7) is 0. The zero-order chi connectivity index (χ0) is 9.14. The lowest BCUT2D eigenvalue weighted by molar-refractivity contribution is 0.0682. The first-order valence-corrected chi connectivity index (χ1v) is 3.50. The van der Waals surface area contributed by atoms with Gasteiger partial charge in [0, 0.05) is 0 Å². The van der Waals surface area contributed by atoms with Crippen LogP contribution in [0, 0.1) is 0 Å². The molecule has 1 rings (SSSR count). The van der Waals surface area contributed by atoms with Gasteiger partial charge in [0.1, 0.15) is 0 Å². The standard InChI is InChI=1S/C4H2F2N2O3S/c5-4(6)12-2-1(3(9)10)7-11-8-2/h4H,(H,9,10). The first kappa shape index (κ1) is 8.91. The van der Waals surface area contributed by atoms with Gasteiger partial charge in [0.05, 0.1) is 0 Å². The molecule has 12 heavy (non-hydrogen) atoms. The lowest BCUT2D eigenvalue weighted by Crippen LogP contribution is -1.99. The molecular formula is C4H2F2N2O3S. The fourth-order valence-electron chi connectivity index (χ4n) is 0.473. The summed E-state index contributed by atoms with van der Waals surface area (Å²) in [5.41, 5.74) is -0.597. The average Bonchev–Trinajstić information content (AvgIpc) is 2.33. The second-order valence-corrected chi connectivity index (χ2v) is 2.58. The molecule has 0 saturated heterocycles. The molecule has 0 spiro atoms. The van der Waals surface area contributed by atoms with Gasteiger partial charge in [-0.2, -0.15) is 8.78 Å². The third-order valence-corrected chi connectivity index (χ3v) is 1.53. The molecule has 0 unspecified atom stereocenters. The molecule has 1 aromatic rings. The summed E-state index contributed by atoms with van der Waals surface area (Å²) < 4.78 is 27.4. The number of carbonyl (C=O) groups is 1. The number of carboxylic acids is 1. The van der Waals surface area contributed by atoms with Gasteiger partial charge in [-0.15, -0.1) is 0 Å². The highest BCUT2D eigenvalue weighted by molar-refractivity contribution is 7.99. The van der Waals surface area contributed by atoms with Gasteiger partial charge in [0.2, 0.25) is 5.69 Å². The zero-order valence-electron chi connectivity index (χ0n) is 5.40. The van der Waals surface area contributed by atoms with Crippen molar-refractivity contribution in [1.29, 1.82) is 0 Å². The number of rotatable bonds is 3. The maximum Gasteiger partial charge on any atom is 0.361 e. The van der Waals surface area contributed by atoms with Crippen LogP contribution in [-0.4, -0.2) is 27.1 Å². The predicted octanol–water partition coefficient (Wildman–Crippen LogP) is 1.08. The number of hydrogen-bond acceptors (Lipinski definition) is 5. The van der Waals surface area contributed by atoms with Crippen LogP contribution < -0.4 is 0 Å². The Balaban J connectivity index is 2.84. The summed E-state index contributed by atoms with van der Waals surface area (Å²) >= 11 is -0.0215. The zero-order valence-corrected chi connectivity index (χ0v) is 6.22. The first-order valence-electron chi connectivity index (χ1n) is 2.62. The molecule has 0 amide bonds. The fourth-order valence-corrected chi connectivity index (χ4v) is 0.954. The third kappa shape index (κ3) is 1.91. The lowest BCUT2D eigenvalue weighted by Gasteiger charge is -1.92. The molecule has 0 atom stereocenters. The topological polar surface area (TPSA) is 76.2 Å². The van der Waals surface area contributed by atoms with Gasteiger partial charge in [0.25, 0.3) is 5.76 Å². The predicted molar refractivity (Wildman–Crippen MR) is 33.1 cm³/mol. The summed E-state index contributed by atoms with van der Waals surface area (Å²) in [6, 6.07) is 0. The van der Waals surface area contributed by atoms with Gasteiger partial charge < -0.3 is 5.11 Å². The second kappa shape index (κ2) is 3.48. The number of aromatic nitrogens is 2. The van der Waals surface area contributed by atoms with Crippen molar-refractivity contribution < 1.29 is 23.3 Å². The molecule has 1 aromatic heterocycles. The van der Waals surface area contributed by atoms with Crippen molar-refractivity contribution in [2.75, 3.05) is 0 Å². The van der Waals surface area contributed by atoms with E-state index in [0.29, 0.717) is 0 Å². The van der Waals surface area contributed by atoms with Crippen molar-refractivity contribution >= 4 is 17.7 Å². The van der Waals surface area contributed by atoms with Crippen LogP contribution in [0.1, 0.15) is 10.5 Å². The number of hydrogen-bond donors (Lipinski definition) is 1. The van der Waals surface area contributed by atoms with Gasteiger partial charge >= 0.3 is 5.97 Å². The normalized spacial score (nSPS) is 10.6. The van der Waals surface area contributed by atoms with E-state index in [1.165, 1.54) is 0 Å². The molecule has 0 aliphatic rings. The molecule has 8 heteroatoms. The number of alkyl halides is 2. The first-order chi connectivity index (χ1) is 5.61. The van der Waals surface area contributed by atoms with Crippen LogP contribution in [0.25, 0.3) is 0 Å². The van der Waals surface area contributed by atoms with Crippen LogP contribution in [0.4, 0.5) is 8.78 Å². The molecule has 0 aliphatic heterocycles. The maximum atomic E-state index is 11.7. The minimum Gasteiger partial charge on any atom is -0.476 e. The molecule has 1 N–H and O–H groups in total. The van der Waals surface area contributed by atoms with Crippen LogP contribution in [0.2, 0.25) is 0 Å². The van der Waals surface area contributed by atoms with E-state index in [1.54, 1.807) is 0 Å². The summed E-state index contributed by atoms with van der Waals surface area (Å²) in [4.78, 5) is 10.2. The van der Waals surface area contributed by atoms with E-state index in [1.807, 2.05) is 0 Å². The van der Waals surface area contributed by atoms with Crippen molar-refractivity contribution in [1.82, 2.24) is 10.3 Å². The summed E-state index contributed by atoms with van der Waals surface area (Å²) in [7, 11) is 0. The Bertz CT molecular complexity index is 290. The maximum absolute atomic E-state index is 11.7. The minimum atomic E-state index is -2.74. The summed E-state index contributed by atoms with van der Waals surface area (Å²) in [6.07, 6.45) is 0. The molecular weight excluding hydrogens is 194 g/mol. The molecule has 1 heterocycles. The second-order valence-electron chi connectivity index (χ2n) is 1.60. The summed E-state index contributed by atoms with van der Waals surface area (Å²) in [5, 5.41) is 13.9. The van der Waals surface area contributed by atoms with Crippen molar-refractivity contribution in [2.24, 2.45) is 0 Å². The molecule has 0 aliphatic carbocycles. The average molecular weight is 196 g/mol. The van der Waals surface area contributed by atoms with E-state index in [-0.39, 0.29) is 11.8 Å². The molecule has 0 fully saturated rings. The van der Waals surface area contributed by atoms with Crippen molar-refractivity contribution in [3.63, 3.8) is 0 Å². The number of carboxylic acid groups (broad SMARTS) is 1. The van der Waals surface area contributed by atoms with E-state index in [0.717, 1.165) is 0 Å². The van der Waals surface area contributed by atoms with Crippen molar-refractivity contribution in [3.8, 4) is 0 Å². The monoisotopic (exact) mass is 196 g/mol. The molecule has 66 valence electrons. The van der Waals surface area contributed by atoms with E-state index in [2.05, 4.69) is 14.9 Å². The Morgan fingerprint density at radius 3 is 2.75 bits per heavy atom. The molecule has 0 saturated carbocycles. The number of aromatic carboxylic acids is 1. The Morgan fingerprint density at radius 2 is 2.25 bits per heavy atom. The van der Waals surface area contributed by atoms with Gasteiger partial charge in [-0.3, -0.25) is 0 Å². The highest BCUT2D eigenvalue weighted by atomic mass is 32.2. The summed E-state index contributed by atoms with van der Waals surface area (Å²) in [5.74, 6) is -4.19. The Labute approximate surface area is 68.7 Å². The number of halogens is 2. The Kier molecular flexibility index (Phi) is 2.58. The molecule has 5 nitrogen and oxygen atoms in total. The van der Waals surface area contributed by atoms with Crippen LogP contribution in [0.15, 0.2) is 9.65 Å². The largest absolute Gasteiger partial charge is 0.476 e. The van der Waals surface area contributed by atoms with Crippen molar-refractivity contribution in [3.05, 3.63) is 5.69 Å². The quantitative estimate of drug-likeness (QED) is 0.729. The fraction of sp³-hybridized carbons (Fsp3) is 0.250. The minimum absolute atomic E-state index is 0.0215. The smallest absolute Gasteiger partial charge is 0.361 e. The Hall–Kier alpha value is -1.18. The van der Waals surface area contributed by atoms with Gasteiger partial charge in [-0.05, 0) is 22.1 Å². The number of thioether (sulfide) groups is 1. The highest BCUT2D eigenvalue weighted by Crippen LogP contribution is 2.25. The van der Waals surface area contributed by atoms with Crippen molar-refractivity contribution in [2.45, 2.75) is 10.8 Å². The van der Waals surface area contributed by atoms with E-state index in [9.17, 15) is 13.6 Å². The third-order valence-electron chi connectivity index (χ3n) is 0.862. The highest BCUT2D eigenvalue weighted by Gasteiger charge is 2.20. The van der Waals surface area contributed by atoms with E-state index in [4.69, 9.17) is 5.11 Å². The van der Waals surface area contributed by atoms with Gasteiger partial charge in [-0.25, -0.2) is 9.42 Å². The molecule has 0 bridgehead atoms. The van der Waals surface area contributed by atoms with Crippen LogP contribution in [0.3, 0.4) is 0 Å². The molecule has 0 radical (unpaired) electrons. The number of nitrogens with zero attached hydrogens (tertiary/aromatic N) is 2. The van der Waals surface area contributed by atoms with E-state index < -0.39 is 22.4 Å². The van der Waals surface area contributed by atoms with Crippen LogP contribution in [-0.2, 0) is 0 Å². The SMILES string of the molecule is O=C(O)c1nonc1SC(F)F. The van der Waals surface area contributed by atoms with E-state index >= 15 is 0 Å². The van der Waals surface area contributed by atoms with Crippen LogP contribution >= 0.6 is 11.8 Å².